The van der Waals surface area contributed by atoms with Crippen molar-refractivity contribution in [2.24, 2.45) is 5.92 Å². The van der Waals surface area contributed by atoms with Crippen molar-refractivity contribution in [1.29, 1.82) is 0 Å². The third-order valence-corrected chi connectivity index (χ3v) is 6.10. The molecule has 6 nitrogen and oxygen atoms in total. The fourth-order valence-electron chi connectivity index (χ4n) is 4.34. The van der Waals surface area contributed by atoms with Crippen LogP contribution >= 0.6 is 0 Å². The van der Waals surface area contributed by atoms with Crippen molar-refractivity contribution in [3.8, 4) is 17.1 Å². The lowest BCUT2D eigenvalue weighted by molar-refractivity contribution is -0.0874. The van der Waals surface area contributed by atoms with Crippen LogP contribution in [0, 0.1) is 19.8 Å². The van der Waals surface area contributed by atoms with Gasteiger partial charge < -0.3 is 19.1 Å². The quantitative estimate of drug-likeness (QED) is 0.535. The lowest BCUT2D eigenvalue weighted by Crippen LogP contribution is -2.36. The van der Waals surface area contributed by atoms with Gasteiger partial charge in [0.1, 0.15) is 11.4 Å². The number of aliphatic hydroxyl groups is 1. The zero-order chi connectivity index (χ0) is 22.6. The molecule has 0 amide bonds. The van der Waals surface area contributed by atoms with Crippen molar-refractivity contribution >= 4 is 0 Å². The molecule has 2 aromatic carbocycles. The van der Waals surface area contributed by atoms with Gasteiger partial charge in [-0.1, -0.05) is 42.4 Å². The third-order valence-electron chi connectivity index (χ3n) is 6.10. The SMILES string of the molecule is Cc1cc(-c2noc(CC3(c4ccccc4)CCCCO3)n2)cc(C)c1OC[C@@H](C)CO. The molecule has 170 valence electrons. The molecule has 32 heavy (non-hydrogen) atoms. The number of rotatable bonds is 8. The minimum atomic E-state index is -0.420. The van der Waals surface area contributed by atoms with E-state index in [-0.39, 0.29) is 12.5 Å². The number of nitrogens with zero attached hydrogens (tertiary/aromatic N) is 2. The Kier molecular flexibility index (Phi) is 6.92. The van der Waals surface area contributed by atoms with E-state index >= 15 is 0 Å². The van der Waals surface area contributed by atoms with E-state index in [0.29, 0.717) is 24.7 Å². The molecule has 6 heteroatoms. The van der Waals surface area contributed by atoms with Crippen LogP contribution in [0.15, 0.2) is 47.0 Å². The molecule has 3 aromatic rings. The Balaban J connectivity index is 1.56. The van der Waals surface area contributed by atoms with Gasteiger partial charge in [0, 0.05) is 24.7 Å². The zero-order valence-corrected chi connectivity index (χ0v) is 19.1. The first kappa shape index (κ1) is 22.5. The first-order valence-corrected chi connectivity index (χ1v) is 11.4. The standard InChI is InChI=1S/C26H32N2O4/c1-18(16-29)17-30-24-19(2)13-21(14-20(24)3)25-27-23(32-28-25)15-26(11-7-8-12-31-26)22-9-5-4-6-10-22/h4-6,9-10,13-14,18,29H,7-8,11-12,15-17H2,1-3H3/t18-,26?/m0/s1. The van der Waals surface area contributed by atoms with Gasteiger partial charge in [0.15, 0.2) is 0 Å². The van der Waals surface area contributed by atoms with Gasteiger partial charge in [0.25, 0.3) is 0 Å². The summed E-state index contributed by atoms with van der Waals surface area (Å²) in [7, 11) is 0. The van der Waals surface area contributed by atoms with Crippen molar-refractivity contribution in [1.82, 2.24) is 10.1 Å². The molecule has 1 aliphatic rings. The van der Waals surface area contributed by atoms with Gasteiger partial charge in [-0.15, -0.1) is 0 Å². The van der Waals surface area contributed by atoms with E-state index in [9.17, 15) is 5.11 Å². The maximum atomic E-state index is 9.24. The largest absolute Gasteiger partial charge is 0.493 e. The fraction of sp³-hybridized carbons (Fsp3) is 0.462. The molecule has 0 spiro atoms. The normalized spacial score (nSPS) is 19.6. The molecular formula is C26H32N2O4. The lowest BCUT2D eigenvalue weighted by atomic mass is 9.83. The molecule has 1 N–H and O–H groups in total. The third kappa shape index (κ3) is 4.87. The van der Waals surface area contributed by atoms with Crippen molar-refractivity contribution in [2.75, 3.05) is 19.8 Å². The van der Waals surface area contributed by atoms with Gasteiger partial charge in [0.05, 0.1) is 13.0 Å². The number of benzene rings is 2. The molecule has 2 heterocycles. The highest BCUT2D eigenvalue weighted by Gasteiger charge is 2.37. The van der Waals surface area contributed by atoms with E-state index in [1.54, 1.807) is 0 Å². The fourth-order valence-corrected chi connectivity index (χ4v) is 4.34. The van der Waals surface area contributed by atoms with Crippen LogP contribution in [0.4, 0.5) is 0 Å². The minimum absolute atomic E-state index is 0.0900. The van der Waals surface area contributed by atoms with Gasteiger partial charge in [-0.2, -0.15) is 4.98 Å². The maximum Gasteiger partial charge on any atom is 0.230 e. The van der Waals surface area contributed by atoms with Crippen LogP contribution in [0.5, 0.6) is 5.75 Å². The zero-order valence-electron chi connectivity index (χ0n) is 19.1. The maximum absolute atomic E-state index is 9.24. The lowest BCUT2D eigenvalue weighted by Gasteiger charge is -2.37. The van der Waals surface area contributed by atoms with E-state index < -0.39 is 5.60 Å². The monoisotopic (exact) mass is 436 g/mol. The van der Waals surface area contributed by atoms with Gasteiger partial charge >= 0.3 is 0 Å². The van der Waals surface area contributed by atoms with Crippen LogP contribution in [0.25, 0.3) is 11.4 Å². The van der Waals surface area contributed by atoms with Crippen molar-refractivity contribution in [3.63, 3.8) is 0 Å². The molecular weight excluding hydrogens is 404 g/mol. The van der Waals surface area contributed by atoms with E-state index in [4.69, 9.17) is 19.0 Å². The molecule has 2 atom stereocenters. The van der Waals surface area contributed by atoms with Gasteiger partial charge in [-0.3, -0.25) is 0 Å². The number of hydrogen-bond acceptors (Lipinski definition) is 6. The Hall–Kier alpha value is -2.70. The number of aliphatic hydroxyl groups excluding tert-OH is 1. The van der Waals surface area contributed by atoms with Crippen molar-refractivity contribution < 1.29 is 19.1 Å². The first-order chi connectivity index (χ1) is 15.5. The number of aryl methyl sites for hydroxylation is 2. The Morgan fingerprint density at radius 1 is 1.12 bits per heavy atom. The van der Waals surface area contributed by atoms with E-state index in [1.165, 1.54) is 0 Å². The van der Waals surface area contributed by atoms with Gasteiger partial charge in [-0.05, 0) is 61.9 Å². The highest BCUT2D eigenvalue weighted by Crippen LogP contribution is 2.38. The highest BCUT2D eigenvalue weighted by atomic mass is 16.5. The van der Waals surface area contributed by atoms with Crippen molar-refractivity contribution in [2.45, 2.75) is 52.1 Å². The van der Waals surface area contributed by atoms with Gasteiger partial charge in [0.2, 0.25) is 11.7 Å². The predicted octanol–water partition coefficient (Wildman–Crippen LogP) is 5.00. The van der Waals surface area contributed by atoms with E-state index in [0.717, 1.165) is 53.9 Å². The van der Waals surface area contributed by atoms with Crippen LogP contribution in [0.2, 0.25) is 0 Å². The topological polar surface area (TPSA) is 77.6 Å². The molecule has 0 saturated carbocycles. The van der Waals surface area contributed by atoms with Crippen LogP contribution in [0.3, 0.4) is 0 Å². The van der Waals surface area contributed by atoms with Gasteiger partial charge in [-0.25, -0.2) is 0 Å². The summed E-state index contributed by atoms with van der Waals surface area (Å²) in [5, 5.41) is 13.5. The van der Waals surface area contributed by atoms with Crippen molar-refractivity contribution in [3.05, 3.63) is 65.0 Å². The minimum Gasteiger partial charge on any atom is -0.493 e. The molecule has 0 radical (unpaired) electrons. The number of hydrogen-bond donors (Lipinski definition) is 1. The van der Waals surface area contributed by atoms with E-state index in [2.05, 4.69) is 17.3 Å². The van der Waals surface area contributed by atoms with Crippen LogP contribution in [-0.2, 0) is 16.8 Å². The highest BCUT2D eigenvalue weighted by molar-refractivity contribution is 5.61. The summed E-state index contributed by atoms with van der Waals surface area (Å²) in [5.41, 5.74) is 3.65. The summed E-state index contributed by atoms with van der Waals surface area (Å²) in [6.45, 7) is 7.30. The van der Waals surface area contributed by atoms with Crippen LogP contribution < -0.4 is 4.74 Å². The van der Waals surface area contributed by atoms with Crippen LogP contribution in [0.1, 0.15) is 48.8 Å². The van der Waals surface area contributed by atoms with E-state index in [1.807, 2.05) is 51.1 Å². The molecule has 1 unspecified atom stereocenters. The molecule has 1 fully saturated rings. The Morgan fingerprint density at radius 3 is 2.53 bits per heavy atom. The second kappa shape index (κ2) is 9.84. The molecule has 4 rings (SSSR count). The smallest absolute Gasteiger partial charge is 0.230 e. The average molecular weight is 437 g/mol. The summed E-state index contributed by atoms with van der Waals surface area (Å²) < 4.78 is 17.9. The Morgan fingerprint density at radius 2 is 1.88 bits per heavy atom. The summed E-state index contributed by atoms with van der Waals surface area (Å²) in [4.78, 5) is 4.71. The predicted molar refractivity (Wildman–Crippen MR) is 123 cm³/mol. The number of aromatic nitrogens is 2. The van der Waals surface area contributed by atoms with Crippen LogP contribution in [-0.4, -0.2) is 35.1 Å². The molecule has 1 aromatic heterocycles. The molecule has 1 aliphatic heterocycles. The summed E-state index contributed by atoms with van der Waals surface area (Å²) >= 11 is 0. The number of ether oxygens (including phenoxy) is 2. The Bertz CT molecular complexity index is 1000. The second-order valence-electron chi connectivity index (χ2n) is 8.89. The molecule has 1 saturated heterocycles. The summed E-state index contributed by atoms with van der Waals surface area (Å²) in [6.07, 6.45) is 3.69. The Labute approximate surface area is 189 Å². The average Bonchev–Trinajstić information content (AvgIpc) is 3.27. The second-order valence-corrected chi connectivity index (χ2v) is 8.89. The molecule has 0 bridgehead atoms. The summed E-state index contributed by atoms with van der Waals surface area (Å²) in [6, 6.07) is 14.4. The first-order valence-electron chi connectivity index (χ1n) is 11.4. The summed E-state index contributed by atoms with van der Waals surface area (Å²) in [5.74, 6) is 2.09. The molecule has 0 aliphatic carbocycles.